The molecule has 174 valence electrons. The lowest BCUT2D eigenvalue weighted by Crippen LogP contribution is -2.31. The Morgan fingerprint density at radius 3 is 2.00 bits per heavy atom. The summed E-state index contributed by atoms with van der Waals surface area (Å²) in [5, 5.41) is 0. The van der Waals surface area contributed by atoms with Crippen molar-refractivity contribution in [3.63, 3.8) is 0 Å². The van der Waals surface area contributed by atoms with Gasteiger partial charge in [-0.15, -0.1) is 0 Å². The molecule has 0 spiro atoms. The van der Waals surface area contributed by atoms with Gasteiger partial charge in [-0.25, -0.2) is 9.59 Å². The third-order valence-electron chi connectivity index (χ3n) is 4.70. The van der Waals surface area contributed by atoms with Gasteiger partial charge in [-0.1, -0.05) is 72.8 Å². The van der Waals surface area contributed by atoms with Gasteiger partial charge in [0.05, 0.1) is 13.2 Å². The smallest absolute Gasteiger partial charge is 0.345 e. The van der Waals surface area contributed by atoms with Crippen molar-refractivity contribution in [3.8, 4) is 0 Å². The van der Waals surface area contributed by atoms with E-state index in [1.807, 2.05) is 66.7 Å². The van der Waals surface area contributed by atoms with Gasteiger partial charge in [-0.3, -0.25) is 4.79 Å². The first-order valence-electron chi connectivity index (χ1n) is 11.2. The van der Waals surface area contributed by atoms with Crippen molar-refractivity contribution in [1.29, 1.82) is 0 Å². The van der Waals surface area contributed by atoms with Crippen molar-refractivity contribution >= 4 is 23.9 Å². The highest BCUT2D eigenvalue weighted by atomic mass is 16.6. The molecule has 33 heavy (non-hydrogen) atoms. The average molecular weight is 450 g/mol. The van der Waals surface area contributed by atoms with Crippen LogP contribution in [0, 0.1) is 0 Å². The van der Waals surface area contributed by atoms with Crippen molar-refractivity contribution in [1.82, 2.24) is 4.90 Å². The van der Waals surface area contributed by atoms with Gasteiger partial charge in [0.2, 0.25) is 5.91 Å². The Morgan fingerprint density at radius 2 is 1.42 bits per heavy atom. The van der Waals surface area contributed by atoms with Crippen LogP contribution in [0.4, 0.5) is 0 Å². The first kappa shape index (κ1) is 25.6. The van der Waals surface area contributed by atoms with Crippen LogP contribution in [0.2, 0.25) is 0 Å². The number of unbranched alkanes of at least 4 members (excludes halogenated alkanes) is 1. The Labute approximate surface area is 195 Å². The molecule has 0 bridgehead atoms. The van der Waals surface area contributed by atoms with Crippen LogP contribution in [-0.4, -0.2) is 42.5 Å². The van der Waals surface area contributed by atoms with Crippen molar-refractivity contribution in [2.24, 2.45) is 0 Å². The van der Waals surface area contributed by atoms with Gasteiger partial charge in [-0.05, 0) is 37.8 Å². The number of carbonyl (C=O) groups is 3. The maximum atomic E-state index is 13.1. The molecule has 0 aromatic heterocycles. The van der Waals surface area contributed by atoms with E-state index in [1.54, 1.807) is 18.7 Å². The van der Waals surface area contributed by atoms with E-state index in [1.165, 1.54) is 0 Å². The molecule has 0 atom stereocenters. The quantitative estimate of drug-likeness (QED) is 0.156. The number of carbonyl (C=O) groups excluding carboxylic acids is 3. The minimum Gasteiger partial charge on any atom is -0.462 e. The van der Waals surface area contributed by atoms with Crippen molar-refractivity contribution in [2.45, 2.75) is 33.2 Å². The molecule has 1 amide bonds. The molecule has 0 heterocycles. The van der Waals surface area contributed by atoms with E-state index in [-0.39, 0.29) is 13.2 Å². The lowest BCUT2D eigenvalue weighted by Gasteiger charge is -2.21. The topological polar surface area (TPSA) is 72.9 Å². The fourth-order valence-corrected chi connectivity index (χ4v) is 3.09. The zero-order valence-electron chi connectivity index (χ0n) is 19.2. The van der Waals surface area contributed by atoms with Gasteiger partial charge in [0, 0.05) is 19.2 Å². The van der Waals surface area contributed by atoms with Crippen molar-refractivity contribution < 1.29 is 23.9 Å². The van der Waals surface area contributed by atoms with E-state index in [2.05, 4.69) is 6.08 Å². The summed E-state index contributed by atoms with van der Waals surface area (Å²) in [7, 11) is 0. The van der Waals surface area contributed by atoms with E-state index >= 15 is 0 Å². The van der Waals surface area contributed by atoms with Crippen LogP contribution in [-0.2, 0) is 30.4 Å². The third kappa shape index (κ3) is 9.15. The fraction of sp³-hybridized carbons (Fsp3) is 0.296. The Kier molecular flexibility index (Phi) is 11.2. The summed E-state index contributed by atoms with van der Waals surface area (Å²) in [6, 6.07) is 19.6. The monoisotopic (exact) mass is 449 g/mol. The molecule has 6 heteroatoms. The number of hydrogen-bond acceptors (Lipinski definition) is 5. The zero-order chi connectivity index (χ0) is 23.9. The second-order valence-electron chi connectivity index (χ2n) is 7.20. The number of esters is 2. The van der Waals surface area contributed by atoms with Gasteiger partial charge >= 0.3 is 11.9 Å². The van der Waals surface area contributed by atoms with Crippen LogP contribution < -0.4 is 0 Å². The molecule has 0 unspecified atom stereocenters. The Bertz CT molecular complexity index is 931. The third-order valence-corrected chi connectivity index (χ3v) is 4.70. The molecular formula is C27H31NO5. The summed E-state index contributed by atoms with van der Waals surface area (Å²) in [4.78, 5) is 39.2. The van der Waals surface area contributed by atoms with Crippen LogP contribution in [0.25, 0.3) is 6.08 Å². The number of ether oxygens (including phenoxy) is 2. The number of rotatable bonds is 12. The van der Waals surface area contributed by atoms with E-state index in [0.29, 0.717) is 13.1 Å². The molecule has 0 aliphatic rings. The largest absolute Gasteiger partial charge is 0.462 e. The minimum atomic E-state index is -0.866. The van der Waals surface area contributed by atoms with Crippen molar-refractivity contribution in [2.75, 3.05) is 19.8 Å². The van der Waals surface area contributed by atoms with Crippen LogP contribution in [0.3, 0.4) is 0 Å². The number of benzene rings is 2. The van der Waals surface area contributed by atoms with Crippen molar-refractivity contribution in [3.05, 3.63) is 89.5 Å². The Balaban J connectivity index is 2.13. The van der Waals surface area contributed by atoms with Gasteiger partial charge < -0.3 is 14.4 Å². The number of nitrogens with zero attached hydrogens (tertiary/aromatic N) is 1. The van der Waals surface area contributed by atoms with E-state index in [0.717, 1.165) is 30.0 Å². The first-order chi connectivity index (χ1) is 16.0. The maximum absolute atomic E-state index is 13.1. The van der Waals surface area contributed by atoms with E-state index < -0.39 is 23.4 Å². The number of amides is 1. The Morgan fingerprint density at radius 1 is 0.848 bits per heavy atom. The van der Waals surface area contributed by atoms with Crippen LogP contribution in [0.5, 0.6) is 0 Å². The lowest BCUT2D eigenvalue weighted by atomic mass is 10.1. The van der Waals surface area contributed by atoms with Crippen LogP contribution in [0.15, 0.2) is 78.4 Å². The highest BCUT2D eigenvalue weighted by Crippen LogP contribution is 2.11. The molecule has 6 nitrogen and oxygen atoms in total. The Hall–Kier alpha value is -3.67. The predicted octanol–water partition coefficient (Wildman–Crippen LogP) is 4.56. The molecular weight excluding hydrogens is 418 g/mol. The summed E-state index contributed by atoms with van der Waals surface area (Å²) in [5.41, 5.74) is 1.67. The number of allylic oxidation sites excluding steroid dienone is 1. The molecule has 0 N–H and O–H groups in total. The molecule has 0 aliphatic carbocycles. The summed E-state index contributed by atoms with van der Waals surface area (Å²) < 4.78 is 9.88. The molecule has 0 radical (unpaired) electrons. The van der Waals surface area contributed by atoms with Gasteiger partial charge in [-0.2, -0.15) is 0 Å². The van der Waals surface area contributed by atoms with Crippen LogP contribution in [0.1, 0.15) is 37.8 Å². The predicted molar refractivity (Wildman–Crippen MR) is 128 cm³/mol. The summed E-state index contributed by atoms with van der Waals surface area (Å²) >= 11 is 0. The first-order valence-corrected chi connectivity index (χ1v) is 11.2. The SMILES string of the molecule is CCOC(=O)C(=CC(=O)N(CCC/C=C/c1ccccc1)Cc1ccccc1)C(=O)OCC. The zero-order valence-corrected chi connectivity index (χ0v) is 19.2. The fourth-order valence-electron chi connectivity index (χ4n) is 3.09. The maximum Gasteiger partial charge on any atom is 0.345 e. The molecule has 0 saturated heterocycles. The molecule has 0 aliphatic heterocycles. The van der Waals surface area contributed by atoms with Gasteiger partial charge in [0.15, 0.2) is 0 Å². The van der Waals surface area contributed by atoms with Gasteiger partial charge in [0.25, 0.3) is 0 Å². The molecule has 2 aromatic rings. The van der Waals surface area contributed by atoms with E-state index in [4.69, 9.17) is 9.47 Å². The van der Waals surface area contributed by atoms with Crippen LogP contribution >= 0.6 is 0 Å². The summed E-state index contributed by atoms with van der Waals surface area (Å²) in [6.07, 6.45) is 6.64. The molecule has 2 rings (SSSR count). The van der Waals surface area contributed by atoms with E-state index in [9.17, 15) is 14.4 Å². The number of hydrogen-bond donors (Lipinski definition) is 0. The second-order valence-corrected chi connectivity index (χ2v) is 7.20. The van der Waals surface area contributed by atoms with Gasteiger partial charge in [0.1, 0.15) is 5.57 Å². The highest BCUT2D eigenvalue weighted by molar-refractivity contribution is 6.17. The standard InChI is InChI=1S/C27H31NO5/c1-3-32-26(30)24(27(31)33-4-2)20-25(29)28(21-23-17-10-6-11-18-23)19-13-7-12-16-22-14-8-5-9-15-22/h5-6,8-12,14-18,20H,3-4,7,13,19,21H2,1-2H3/b16-12+. The molecule has 0 saturated carbocycles. The minimum absolute atomic E-state index is 0.0885. The lowest BCUT2D eigenvalue weighted by molar-refractivity contribution is -0.147. The summed E-state index contributed by atoms with van der Waals surface area (Å²) in [6.45, 7) is 4.26. The molecule has 2 aromatic carbocycles. The molecule has 0 fully saturated rings. The normalized spacial score (nSPS) is 10.5. The second kappa shape index (κ2) is 14.4. The average Bonchev–Trinajstić information content (AvgIpc) is 2.83. The summed E-state index contributed by atoms with van der Waals surface area (Å²) in [5.74, 6) is -2.17. The highest BCUT2D eigenvalue weighted by Gasteiger charge is 2.24.